The predicted molar refractivity (Wildman–Crippen MR) is 124 cm³/mol. The Morgan fingerprint density at radius 3 is 2.45 bits per heavy atom. The van der Waals surface area contributed by atoms with E-state index in [2.05, 4.69) is 27.4 Å². The summed E-state index contributed by atoms with van der Waals surface area (Å²) in [6.07, 6.45) is 0. The van der Waals surface area contributed by atoms with Crippen molar-refractivity contribution in [2.75, 3.05) is 32.9 Å². The quantitative estimate of drug-likeness (QED) is 0.540. The summed E-state index contributed by atoms with van der Waals surface area (Å²) < 4.78 is 12.3. The summed E-state index contributed by atoms with van der Waals surface area (Å²) in [7, 11) is 0. The third-order valence-electron chi connectivity index (χ3n) is 5.40. The average Bonchev–Trinajstić information content (AvgIpc) is 2.86. The van der Waals surface area contributed by atoms with Crippen LogP contribution in [0, 0.1) is 0 Å². The first-order valence-electron chi connectivity index (χ1n) is 11.1. The zero-order valence-corrected chi connectivity index (χ0v) is 18.5. The molecule has 3 aromatic rings. The number of hydrogen-bond acceptors (Lipinski definition) is 6. The molecule has 1 aromatic heterocycles. The van der Waals surface area contributed by atoms with E-state index in [1.165, 1.54) is 22.4 Å². The molecule has 1 aliphatic rings. The van der Waals surface area contributed by atoms with Crippen LogP contribution in [0.15, 0.2) is 71.5 Å². The van der Waals surface area contributed by atoms with E-state index >= 15 is 0 Å². The third kappa shape index (κ3) is 6.74. The minimum atomic E-state index is -0.329. The maximum atomic E-state index is 12.6. The minimum Gasteiger partial charge on any atom is -0.492 e. The number of rotatable bonds is 9. The lowest BCUT2D eigenvalue weighted by molar-refractivity contribution is 0.0342. The third-order valence-corrected chi connectivity index (χ3v) is 5.40. The van der Waals surface area contributed by atoms with Crippen LogP contribution in [0.25, 0.3) is 0 Å². The van der Waals surface area contributed by atoms with Gasteiger partial charge in [0.15, 0.2) is 0 Å². The van der Waals surface area contributed by atoms with Gasteiger partial charge in [-0.05, 0) is 29.3 Å². The van der Waals surface area contributed by atoms with Crippen LogP contribution in [-0.2, 0) is 24.4 Å². The van der Waals surface area contributed by atoms with Gasteiger partial charge in [-0.15, -0.1) is 0 Å². The van der Waals surface area contributed by atoms with Crippen LogP contribution in [0.3, 0.4) is 0 Å². The van der Waals surface area contributed by atoms with Crippen molar-refractivity contribution in [3.8, 4) is 5.75 Å². The summed E-state index contributed by atoms with van der Waals surface area (Å²) in [5, 5.41) is 7.06. The molecule has 4 rings (SSSR count). The molecule has 0 saturated carbocycles. The topological polar surface area (TPSA) is 85.7 Å². The first kappa shape index (κ1) is 22.7. The van der Waals surface area contributed by atoms with Crippen molar-refractivity contribution in [2.24, 2.45) is 0 Å². The number of nitrogens with one attached hydrogen (secondary N) is 1. The summed E-state index contributed by atoms with van der Waals surface area (Å²) in [5.41, 5.74) is 2.15. The maximum absolute atomic E-state index is 12.6. The van der Waals surface area contributed by atoms with E-state index in [9.17, 15) is 9.59 Å². The highest BCUT2D eigenvalue weighted by Crippen LogP contribution is 2.10. The number of morpholine rings is 1. The predicted octanol–water partition coefficient (Wildman–Crippen LogP) is 2.08. The number of ether oxygens (including phenoxy) is 2. The molecule has 172 valence electrons. The summed E-state index contributed by atoms with van der Waals surface area (Å²) in [6, 6.07) is 20.3. The summed E-state index contributed by atoms with van der Waals surface area (Å²) in [6.45, 7) is 5.27. The molecule has 0 atom stereocenters. The molecule has 1 aliphatic heterocycles. The SMILES string of the molecule is O=C(NCc1ccc(CN2CCOCC2)cc1)c1ccc(=O)n(CCOc2ccccc2)n1. The van der Waals surface area contributed by atoms with Crippen LogP contribution >= 0.6 is 0 Å². The van der Waals surface area contributed by atoms with Gasteiger partial charge < -0.3 is 14.8 Å². The van der Waals surface area contributed by atoms with Gasteiger partial charge in [0.25, 0.3) is 11.5 Å². The van der Waals surface area contributed by atoms with E-state index in [4.69, 9.17) is 9.47 Å². The molecule has 0 radical (unpaired) electrons. The minimum absolute atomic E-state index is 0.193. The normalized spacial score (nSPS) is 14.1. The molecule has 1 N–H and O–H groups in total. The lowest BCUT2D eigenvalue weighted by Gasteiger charge is -2.26. The van der Waals surface area contributed by atoms with E-state index in [1.807, 2.05) is 42.5 Å². The molecule has 8 heteroatoms. The number of carbonyl (C=O) groups is 1. The Labute approximate surface area is 192 Å². The van der Waals surface area contributed by atoms with Crippen molar-refractivity contribution < 1.29 is 14.3 Å². The number of benzene rings is 2. The second kappa shape index (κ2) is 11.4. The monoisotopic (exact) mass is 448 g/mol. The summed E-state index contributed by atoms with van der Waals surface area (Å²) in [5.74, 6) is 0.389. The molecule has 0 spiro atoms. The average molecular weight is 449 g/mol. The molecule has 0 unspecified atom stereocenters. The lowest BCUT2D eigenvalue weighted by Crippen LogP contribution is -2.35. The van der Waals surface area contributed by atoms with Crippen molar-refractivity contribution in [1.82, 2.24) is 20.0 Å². The molecule has 2 aromatic carbocycles. The zero-order valence-electron chi connectivity index (χ0n) is 18.5. The number of nitrogens with zero attached hydrogens (tertiary/aromatic N) is 3. The van der Waals surface area contributed by atoms with E-state index in [0.29, 0.717) is 6.54 Å². The van der Waals surface area contributed by atoms with Gasteiger partial charge in [0.1, 0.15) is 18.1 Å². The number of hydrogen-bond donors (Lipinski definition) is 1. The molecular formula is C25H28N4O4. The smallest absolute Gasteiger partial charge is 0.271 e. The van der Waals surface area contributed by atoms with Gasteiger partial charge in [-0.1, -0.05) is 42.5 Å². The van der Waals surface area contributed by atoms with Crippen molar-refractivity contribution in [3.63, 3.8) is 0 Å². The fraction of sp³-hybridized carbons (Fsp3) is 0.320. The lowest BCUT2D eigenvalue weighted by atomic mass is 10.1. The highest BCUT2D eigenvalue weighted by Gasteiger charge is 2.12. The highest BCUT2D eigenvalue weighted by atomic mass is 16.5. The van der Waals surface area contributed by atoms with Crippen LogP contribution in [0.2, 0.25) is 0 Å². The van der Waals surface area contributed by atoms with E-state index < -0.39 is 0 Å². The molecule has 33 heavy (non-hydrogen) atoms. The van der Waals surface area contributed by atoms with Crippen molar-refractivity contribution >= 4 is 5.91 Å². The van der Waals surface area contributed by atoms with Gasteiger partial charge in [-0.25, -0.2) is 4.68 Å². The Morgan fingerprint density at radius 1 is 0.970 bits per heavy atom. The zero-order chi connectivity index (χ0) is 22.9. The summed E-state index contributed by atoms with van der Waals surface area (Å²) in [4.78, 5) is 27.0. The number of aromatic nitrogens is 2. The molecule has 0 bridgehead atoms. The Bertz CT molecular complexity index is 1090. The standard InChI is InChI=1S/C25H28N4O4/c30-24-11-10-23(27-29(24)14-17-33-22-4-2-1-3-5-22)25(31)26-18-20-6-8-21(9-7-20)19-28-12-15-32-16-13-28/h1-11H,12-19H2,(H,26,31). The largest absolute Gasteiger partial charge is 0.492 e. The van der Waals surface area contributed by atoms with Gasteiger partial charge in [0.2, 0.25) is 0 Å². The molecule has 2 heterocycles. The van der Waals surface area contributed by atoms with Gasteiger partial charge >= 0.3 is 0 Å². The van der Waals surface area contributed by atoms with Crippen molar-refractivity contribution in [1.29, 1.82) is 0 Å². The van der Waals surface area contributed by atoms with Crippen molar-refractivity contribution in [2.45, 2.75) is 19.6 Å². The molecule has 0 aliphatic carbocycles. The first-order chi connectivity index (χ1) is 16.2. The second-order valence-corrected chi connectivity index (χ2v) is 7.83. The number of carbonyl (C=O) groups excluding carboxylic acids is 1. The van der Waals surface area contributed by atoms with Gasteiger partial charge in [0.05, 0.1) is 19.8 Å². The Balaban J connectivity index is 1.28. The molecule has 1 saturated heterocycles. The van der Waals surface area contributed by atoms with Crippen LogP contribution in [0.1, 0.15) is 21.6 Å². The number of amides is 1. The van der Waals surface area contributed by atoms with E-state index in [-0.39, 0.29) is 30.3 Å². The summed E-state index contributed by atoms with van der Waals surface area (Å²) >= 11 is 0. The van der Waals surface area contributed by atoms with Gasteiger partial charge in [-0.2, -0.15) is 5.10 Å². The fourth-order valence-corrected chi connectivity index (χ4v) is 3.55. The van der Waals surface area contributed by atoms with Crippen LogP contribution < -0.4 is 15.6 Å². The molecule has 8 nitrogen and oxygen atoms in total. The maximum Gasteiger partial charge on any atom is 0.271 e. The molecular weight excluding hydrogens is 420 g/mol. The van der Waals surface area contributed by atoms with Gasteiger partial charge in [-0.3, -0.25) is 14.5 Å². The van der Waals surface area contributed by atoms with E-state index in [1.54, 1.807) is 0 Å². The number of para-hydroxylation sites is 1. The second-order valence-electron chi connectivity index (χ2n) is 7.83. The molecule has 1 fully saturated rings. The van der Waals surface area contributed by atoms with Crippen LogP contribution in [0.5, 0.6) is 5.75 Å². The van der Waals surface area contributed by atoms with Gasteiger partial charge in [0, 0.05) is 32.2 Å². The Kier molecular flexibility index (Phi) is 7.84. The van der Waals surface area contributed by atoms with Crippen LogP contribution in [0.4, 0.5) is 0 Å². The first-order valence-corrected chi connectivity index (χ1v) is 11.1. The van der Waals surface area contributed by atoms with Crippen molar-refractivity contribution in [3.05, 3.63) is 93.9 Å². The Morgan fingerprint density at radius 2 is 1.70 bits per heavy atom. The molecule has 1 amide bonds. The Hall–Kier alpha value is -3.49. The fourth-order valence-electron chi connectivity index (χ4n) is 3.55. The van der Waals surface area contributed by atoms with Crippen LogP contribution in [-0.4, -0.2) is 53.5 Å². The van der Waals surface area contributed by atoms with E-state index in [0.717, 1.165) is 44.2 Å². The highest BCUT2D eigenvalue weighted by molar-refractivity contribution is 5.91.